The fraction of sp³-hybridized carbons (Fsp3) is 0.350. The molecule has 0 aliphatic heterocycles. The Morgan fingerprint density at radius 3 is 2.42 bits per heavy atom. The van der Waals surface area contributed by atoms with Gasteiger partial charge in [-0.05, 0) is 55.7 Å². The monoisotopic (exact) mass is 471 g/mol. The van der Waals surface area contributed by atoms with Crippen LogP contribution < -0.4 is 15.4 Å². The van der Waals surface area contributed by atoms with Gasteiger partial charge in [0.2, 0.25) is 0 Å². The second kappa shape index (κ2) is 11.7. The third-order valence-electron chi connectivity index (χ3n) is 3.57. The molecule has 0 atom stereocenters. The average Bonchev–Trinajstić information content (AvgIpc) is 2.59. The first-order chi connectivity index (χ1) is 12.1. The number of guanidine groups is 1. The Kier molecular flexibility index (Phi) is 10.0. The van der Waals surface area contributed by atoms with E-state index in [1.807, 2.05) is 32.0 Å². The summed E-state index contributed by atoms with van der Waals surface area (Å²) in [6.45, 7) is 5.31. The van der Waals surface area contributed by atoms with Gasteiger partial charge in [0, 0.05) is 20.1 Å². The zero-order chi connectivity index (χ0) is 18.1. The van der Waals surface area contributed by atoms with E-state index in [0.29, 0.717) is 12.5 Å². The van der Waals surface area contributed by atoms with E-state index in [4.69, 9.17) is 4.74 Å². The van der Waals surface area contributed by atoms with Gasteiger partial charge in [0.05, 0.1) is 6.10 Å². The van der Waals surface area contributed by atoms with Gasteiger partial charge in [0.15, 0.2) is 5.96 Å². The summed E-state index contributed by atoms with van der Waals surface area (Å²) in [5.74, 6) is 1.36. The van der Waals surface area contributed by atoms with Crippen LogP contribution in [-0.4, -0.2) is 25.7 Å². The summed E-state index contributed by atoms with van der Waals surface area (Å²) in [4.78, 5) is 4.18. The molecule has 2 rings (SSSR count). The van der Waals surface area contributed by atoms with Gasteiger partial charge >= 0.3 is 0 Å². The van der Waals surface area contributed by atoms with Gasteiger partial charge in [-0.15, -0.1) is 24.0 Å². The predicted octanol–water partition coefficient (Wildman–Crippen LogP) is 4.14. The first kappa shape index (κ1) is 22.2. The number of aliphatic imine (C=N–C) groups is 1. The normalized spacial score (nSPS) is 11.0. The zero-order valence-corrected chi connectivity index (χ0v) is 17.8. The van der Waals surface area contributed by atoms with Crippen LogP contribution in [0.2, 0.25) is 0 Å². The van der Waals surface area contributed by atoms with Crippen LogP contribution in [0.1, 0.15) is 25.0 Å². The van der Waals surface area contributed by atoms with Crippen LogP contribution in [-0.2, 0) is 13.0 Å². The van der Waals surface area contributed by atoms with Crippen molar-refractivity contribution in [1.82, 2.24) is 10.6 Å². The number of nitrogens with one attached hydrogen (secondary N) is 2. The van der Waals surface area contributed by atoms with Gasteiger partial charge in [0.1, 0.15) is 11.6 Å². The standard InChI is InChI=1S/C20H26FN3O.HI/c1-15(2)25-19-9-7-16(8-10-19)11-12-23-20(22-3)24-14-17-5-4-6-18(21)13-17;/h4-10,13,15H,11-12,14H2,1-3H3,(H2,22,23,24);1H. The van der Waals surface area contributed by atoms with Crippen LogP contribution in [0.3, 0.4) is 0 Å². The van der Waals surface area contributed by atoms with Crippen molar-refractivity contribution >= 4 is 29.9 Å². The highest BCUT2D eigenvalue weighted by Crippen LogP contribution is 2.13. The molecule has 0 saturated heterocycles. The van der Waals surface area contributed by atoms with Crippen molar-refractivity contribution in [3.8, 4) is 5.75 Å². The van der Waals surface area contributed by atoms with E-state index in [1.165, 1.54) is 17.7 Å². The quantitative estimate of drug-likeness (QED) is 0.363. The third kappa shape index (κ3) is 8.03. The Bertz CT molecular complexity index is 690. The highest BCUT2D eigenvalue weighted by atomic mass is 127. The molecular weight excluding hydrogens is 444 g/mol. The van der Waals surface area contributed by atoms with E-state index in [0.717, 1.165) is 24.3 Å². The summed E-state index contributed by atoms with van der Waals surface area (Å²) >= 11 is 0. The van der Waals surface area contributed by atoms with Crippen molar-refractivity contribution < 1.29 is 9.13 Å². The predicted molar refractivity (Wildman–Crippen MR) is 116 cm³/mol. The van der Waals surface area contributed by atoms with E-state index >= 15 is 0 Å². The van der Waals surface area contributed by atoms with Crippen LogP contribution in [0, 0.1) is 5.82 Å². The molecule has 2 N–H and O–H groups in total. The first-order valence-corrected chi connectivity index (χ1v) is 8.51. The molecule has 0 bridgehead atoms. The summed E-state index contributed by atoms with van der Waals surface area (Å²) in [5, 5.41) is 6.45. The molecule has 0 fully saturated rings. The maximum absolute atomic E-state index is 13.2. The smallest absolute Gasteiger partial charge is 0.191 e. The molecule has 0 spiro atoms. The topological polar surface area (TPSA) is 45.7 Å². The summed E-state index contributed by atoms with van der Waals surface area (Å²) in [5.41, 5.74) is 2.10. The molecule has 142 valence electrons. The molecule has 0 saturated carbocycles. The lowest BCUT2D eigenvalue weighted by molar-refractivity contribution is 0.242. The molecule has 0 aliphatic rings. The van der Waals surface area contributed by atoms with Gasteiger partial charge < -0.3 is 15.4 Å². The van der Waals surface area contributed by atoms with Crippen LogP contribution >= 0.6 is 24.0 Å². The summed E-state index contributed by atoms with van der Waals surface area (Å²) < 4.78 is 18.8. The van der Waals surface area contributed by atoms with E-state index in [1.54, 1.807) is 13.1 Å². The van der Waals surface area contributed by atoms with E-state index in [-0.39, 0.29) is 35.9 Å². The molecule has 4 nitrogen and oxygen atoms in total. The molecule has 6 heteroatoms. The highest BCUT2D eigenvalue weighted by molar-refractivity contribution is 14.0. The third-order valence-corrected chi connectivity index (χ3v) is 3.57. The molecule has 2 aromatic rings. The Morgan fingerprint density at radius 1 is 1.08 bits per heavy atom. The number of rotatable bonds is 7. The molecule has 0 amide bonds. The Morgan fingerprint density at radius 2 is 1.81 bits per heavy atom. The SMILES string of the molecule is CN=C(NCCc1ccc(OC(C)C)cc1)NCc1cccc(F)c1.I. The minimum absolute atomic E-state index is 0. The van der Waals surface area contributed by atoms with Crippen molar-refractivity contribution in [3.63, 3.8) is 0 Å². The van der Waals surface area contributed by atoms with E-state index in [2.05, 4.69) is 27.8 Å². The van der Waals surface area contributed by atoms with Gasteiger partial charge in [-0.25, -0.2) is 4.39 Å². The number of ether oxygens (including phenoxy) is 1. The van der Waals surface area contributed by atoms with E-state index < -0.39 is 0 Å². The van der Waals surface area contributed by atoms with Gasteiger partial charge in [0.25, 0.3) is 0 Å². The summed E-state index contributed by atoms with van der Waals surface area (Å²) in [7, 11) is 1.72. The van der Waals surface area contributed by atoms with Crippen molar-refractivity contribution in [2.24, 2.45) is 4.99 Å². The first-order valence-electron chi connectivity index (χ1n) is 8.51. The van der Waals surface area contributed by atoms with Crippen molar-refractivity contribution in [1.29, 1.82) is 0 Å². The lowest BCUT2D eigenvalue weighted by Gasteiger charge is -2.13. The Labute approximate surface area is 172 Å². The number of hydrogen-bond acceptors (Lipinski definition) is 2. The van der Waals surface area contributed by atoms with Crippen LogP contribution in [0.5, 0.6) is 5.75 Å². The van der Waals surface area contributed by atoms with Crippen molar-refractivity contribution in [3.05, 3.63) is 65.5 Å². The minimum atomic E-state index is -0.230. The number of hydrogen-bond donors (Lipinski definition) is 2. The fourth-order valence-electron chi connectivity index (χ4n) is 2.39. The molecule has 26 heavy (non-hydrogen) atoms. The maximum Gasteiger partial charge on any atom is 0.191 e. The molecule has 0 heterocycles. The molecule has 0 aromatic heterocycles. The summed E-state index contributed by atoms with van der Waals surface area (Å²) in [6.07, 6.45) is 1.06. The van der Waals surface area contributed by atoms with Crippen LogP contribution in [0.25, 0.3) is 0 Å². The lowest BCUT2D eigenvalue weighted by atomic mass is 10.1. The van der Waals surface area contributed by atoms with E-state index in [9.17, 15) is 4.39 Å². The van der Waals surface area contributed by atoms with Gasteiger partial charge in [-0.1, -0.05) is 24.3 Å². The van der Waals surface area contributed by atoms with Crippen LogP contribution in [0.15, 0.2) is 53.5 Å². The number of nitrogens with zero attached hydrogens (tertiary/aromatic N) is 1. The highest BCUT2D eigenvalue weighted by Gasteiger charge is 2.01. The lowest BCUT2D eigenvalue weighted by Crippen LogP contribution is -2.37. The minimum Gasteiger partial charge on any atom is -0.491 e. The molecular formula is C20H27FIN3O. The average molecular weight is 471 g/mol. The van der Waals surface area contributed by atoms with Crippen molar-refractivity contribution in [2.45, 2.75) is 32.9 Å². The number of benzene rings is 2. The molecule has 2 aromatic carbocycles. The maximum atomic E-state index is 13.2. The van der Waals surface area contributed by atoms with Crippen molar-refractivity contribution in [2.75, 3.05) is 13.6 Å². The molecule has 0 radical (unpaired) electrons. The van der Waals surface area contributed by atoms with Crippen LogP contribution in [0.4, 0.5) is 4.39 Å². The molecule has 0 aliphatic carbocycles. The number of halogens is 2. The zero-order valence-electron chi connectivity index (χ0n) is 15.5. The second-order valence-corrected chi connectivity index (χ2v) is 6.04. The fourth-order valence-corrected chi connectivity index (χ4v) is 2.39. The Balaban J connectivity index is 0.00000338. The second-order valence-electron chi connectivity index (χ2n) is 6.04. The largest absolute Gasteiger partial charge is 0.491 e. The molecule has 0 unspecified atom stereocenters. The van der Waals surface area contributed by atoms with Gasteiger partial charge in [-0.3, -0.25) is 4.99 Å². The van der Waals surface area contributed by atoms with Gasteiger partial charge in [-0.2, -0.15) is 0 Å². The Hall–Kier alpha value is -1.83. The summed E-state index contributed by atoms with van der Waals surface area (Å²) in [6, 6.07) is 14.7.